The monoisotopic (exact) mass is 185 g/mol. The number of rotatable bonds is 0. The SMILES string of the molecule is N#C[O-].O=P([O-])(O)O.[Na+].[Na+]. The standard InChI is InChI=1S/CHNO.2Na.H3O4P/c2-1-3;;;1-5(2,3)4/h3H;;;(H3,1,2,3,4)/q;2*+1;/p-2. The molecule has 0 radical (unpaired) electrons. The van der Waals surface area contributed by atoms with Crippen LogP contribution >= 0.6 is 7.82 Å². The van der Waals surface area contributed by atoms with Crippen molar-refractivity contribution < 1.29 is 83.5 Å². The van der Waals surface area contributed by atoms with Gasteiger partial charge < -0.3 is 19.8 Å². The third kappa shape index (κ3) is 338. The van der Waals surface area contributed by atoms with Crippen LogP contribution in [0.3, 0.4) is 0 Å². The quantitative estimate of drug-likeness (QED) is 0.219. The van der Waals surface area contributed by atoms with Gasteiger partial charge in [-0.25, -0.2) is 5.26 Å². The molecule has 0 aromatic heterocycles. The molecule has 0 bridgehead atoms. The van der Waals surface area contributed by atoms with Crippen LogP contribution < -0.4 is 69.1 Å². The Kier molecular flexibility index (Phi) is 29.3. The summed E-state index contributed by atoms with van der Waals surface area (Å²) in [6.07, 6.45) is 0.500. The average molecular weight is 185 g/mol. The van der Waals surface area contributed by atoms with E-state index in [-0.39, 0.29) is 59.1 Å². The van der Waals surface area contributed by atoms with E-state index in [0.29, 0.717) is 6.26 Å². The van der Waals surface area contributed by atoms with Gasteiger partial charge in [-0.2, -0.15) is 0 Å². The van der Waals surface area contributed by atoms with Gasteiger partial charge in [0.1, 0.15) is 0 Å². The third-order valence-corrected chi connectivity index (χ3v) is 0. The molecule has 0 aliphatic heterocycles. The number of hydrogen-bond donors (Lipinski definition) is 2. The smallest absolute Gasteiger partial charge is 0.812 e. The number of nitrogens with zero attached hydrogens (tertiary/aromatic N) is 1. The maximum Gasteiger partial charge on any atom is 1.00 e. The van der Waals surface area contributed by atoms with Crippen molar-refractivity contribution in [1.82, 2.24) is 0 Å². The number of nitriles is 1. The molecule has 0 aromatic rings. The fourth-order valence-corrected chi connectivity index (χ4v) is 0. The molecule has 10 heavy (non-hydrogen) atoms. The number of phosphoric acid groups is 1. The van der Waals surface area contributed by atoms with E-state index >= 15 is 0 Å². The van der Waals surface area contributed by atoms with Crippen molar-refractivity contribution >= 4 is 7.82 Å². The van der Waals surface area contributed by atoms with Crippen molar-refractivity contribution in [3.8, 4) is 6.26 Å². The summed E-state index contributed by atoms with van der Waals surface area (Å²) in [4.78, 5) is 22.9. The fourth-order valence-electron chi connectivity index (χ4n) is 0. The van der Waals surface area contributed by atoms with Gasteiger partial charge in [-0.15, -0.1) is 0 Å². The van der Waals surface area contributed by atoms with Crippen molar-refractivity contribution in [2.24, 2.45) is 0 Å². The van der Waals surface area contributed by atoms with Crippen molar-refractivity contribution in [2.45, 2.75) is 0 Å². The molecule has 0 saturated heterocycles. The maximum absolute atomic E-state index is 8.77. The van der Waals surface area contributed by atoms with Crippen LogP contribution in [0, 0.1) is 11.5 Å². The van der Waals surface area contributed by atoms with E-state index in [4.69, 9.17) is 29.6 Å². The second-order valence-electron chi connectivity index (χ2n) is 0.582. The first kappa shape index (κ1) is 22.5. The van der Waals surface area contributed by atoms with Gasteiger partial charge >= 0.3 is 59.1 Å². The van der Waals surface area contributed by atoms with Gasteiger partial charge in [0.25, 0.3) is 7.82 Å². The molecule has 0 fully saturated rings. The molecule has 48 valence electrons. The molecule has 2 N–H and O–H groups in total. The summed E-state index contributed by atoms with van der Waals surface area (Å²) in [6, 6.07) is 0. The molecule has 0 unspecified atom stereocenters. The van der Waals surface area contributed by atoms with Gasteiger partial charge in [-0.1, -0.05) is 0 Å². The van der Waals surface area contributed by atoms with Crippen LogP contribution in [-0.4, -0.2) is 9.79 Å². The molecule has 0 aromatic carbocycles. The van der Waals surface area contributed by atoms with E-state index in [9.17, 15) is 0 Å². The molecule has 0 atom stereocenters. The van der Waals surface area contributed by atoms with Crippen molar-refractivity contribution in [3.05, 3.63) is 0 Å². The van der Waals surface area contributed by atoms with Crippen LogP contribution in [0.2, 0.25) is 0 Å². The van der Waals surface area contributed by atoms with Crippen molar-refractivity contribution in [1.29, 1.82) is 5.26 Å². The second kappa shape index (κ2) is 13.0. The van der Waals surface area contributed by atoms with Gasteiger partial charge in [0.15, 0.2) is 0 Å². The van der Waals surface area contributed by atoms with Crippen LogP contribution in [0.5, 0.6) is 0 Å². The minimum absolute atomic E-state index is 0. The zero-order valence-electron chi connectivity index (χ0n) is 5.51. The first-order valence-corrected chi connectivity index (χ1v) is 2.72. The van der Waals surface area contributed by atoms with E-state index in [2.05, 4.69) is 0 Å². The normalized spacial score (nSPS) is 6.60. The predicted molar refractivity (Wildman–Crippen MR) is 17.7 cm³/mol. The topological polar surface area (TPSA) is 127 Å². The Balaban J connectivity index is -0.0000000326. The Morgan fingerprint density at radius 3 is 1.40 bits per heavy atom. The molecule has 0 spiro atoms. The molecular weight excluding hydrogens is 183 g/mol. The maximum atomic E-state index is 8.77. The van der Waals surface area contributed by atoms with Crippen LogP contribution in [-0.2, 0) is 4.57 Å². The summed E-state index contributed by atoms with van der Waals surface area (Å²) < 4.78 is 8.77. The van der Waals surface area contributed by atoms with Gasteiger partial charge in [0.05, 0.1) is 0 Å². The molecular formula is CH2NNa2O5P. The second-order valence-corrected chi connectivity index (χ2v) is 1.56. The van der Waals surface area contributed by atoms with E-state index in [0.717, 1.165) is 0 Å². The zero-order chi connectivity index (χ0) is 7.21. The molecule has 0 aliphatic rings. The summed E-state index contributed by atoms with van der Waals surface area (Å²) in [5, 5.41) is 15.0. The predicted octanol–water partition coefficient (Wildman–Crippen LogP) is -8.72. The van der Waals surface area contributed by atoms with Crippen molar-refractivity contribution in [2.75, 3.05) is 0 Å². The molecule has 0 saturated carbocycles. The van der Waals surface area contributed by atoms with Gasteiger partial charge in [-0.05, 0) is 0 Å². The Morgan fingerprint density at radius 2 is 1.40 bits per heavy atom. The van der Waals surface area contributed by atoms with Crippen LogP contribution in [0.15, 0.2) is 0 Å². The Labute approximate surface area is 102 Å². The fraction of sp³-hybridized carbons (Fsp3) is 0. The Morgan fingerprint density at radius 1 is 1.40 bits per heavy atom. The molecule has 0 heterocycles. The largest absolute Gasteiger partial charge is 1.00 e. The Hall–Kier alpha value is 1.40. The summed E-state index contributed by atoms with van der Waals surface area (Å²) in [5.41, 5.74) is 0. The first-order valence-electron chi connectivity index (χ1n) is 1.19. The van der Waals surface area contributed by atoms with E-state index in [1.165, 1.54) is 0 Å². The minimum Gasteiger partial charge on any atom is -0.812 e. The third-order valence-electron chi connectivity index (χ3n) is 0. The summed E-state index contributed by atoms with van der Waals surface area (Å²) in [5.74, 6) is 0. The minimum atomic E-state index is -4.89. The molecule has 9 heteroatoms. The van der Waals surface area contributed by atoms with Crippen molar-refractivity contribution in [3.63, 3.8) is 0 Å². The van der Waals surface area contributed by atoms with Gasteiger partial charge in [-0.3, -0.25) is 4.57 Å². The molecule has 0 rings (SSSR count). The number of hydrogen-bond acceptors (Lipinski definition) is 4. The van der Waals surface area contributed by atoms with Gasteiger partial charge in [0, 0.05) is 6.26 Å². The Bertz CT molecular complexity index is 118. The first-order chi connectivity index (χ1) is 3.41. The van der Waals surface area contributed by atoms with Crippen LogP contribution in [0.4, 0.5) is 0 Å². The van der Waals surface area contributed by atoms with Gasteiger partial charge in [0.2, 0.25) is 0 Å². The molecule has 0 aliphatic carbocycles. The van der Waals surface area contributed by atoms with E-state index < -0.39 is 7.82 Å². The average Bonchev–Trinajstić information content (AvgIpc) is 1.27. The molecule has 6 nitrogen and oxygen atoms in total. The van der Waals surface area contributed by atoms with E-state index in [1.807, 2.05) is 0 Å². The van der Waals surface area contributed by atoms with E-state index in [1.54, 1.807) is 0 Å². The van der Waals surface area contributed by atoms with Crippen LogP contribution in [0.1, 0.15) is 0 Å². The summed E-state index contributed by atoms with van der Waals surface area (Å²) >= 11 is 0. The van der Waals surface area contributed by atoms with Crippen LogP contribution in [0.25, 0.3) is 0 Å². The summed E-state index contributed by atoms with van der Waals surface area (Å²) in [6.45, 7) is 0. The molecule has 0 amide bonds. The summed E-state index contributed by atoms with van der Waals surface area (Å²) in [7, 11) is -4.89. The zero-order valence-corrected chi connectivity index (χ0v) is 10.4.